The van der Waals surface area contributed by atoms with E-state index in [1.807, 2.05) is 30.3 Å². The van der Waals surface area contributed by atoms with Gasteiger partial charge in [-0.3, -0.25) is 4.79 Å². The summed E-state index contributed by atoms with van der Waals surface area (Å²) in [6.07, 6.45) is 3.65. The van der Waals surface area contributed by atoms with Gasteiger partial charge in [0.1, 0.15) is 5.76 Å². The number of carbonyl (C=O) groups excluding carboxylic acids is 1. The van der Waals surface area contributed by atoms with Crippen molar-refractivity contribution in [3.05, 3.63) is 60.1 Å². The summed E-state index contributed by atoms with van der Waals surface area (Å²) in [6.45, 7) is 1.44. The molecule has 1 saturated heterocycles. The molecule has 1 aromatic heterocycles. The fraction of sp³-hybridized carbons (Fsp3) is 0.421. The topological polar surface area (TPSA) is 51.5 Å². The Bertz CT molecular complexity index is 653. The maximum Gasteiger partial charge on any atom is 0.223 e. The summed E-state index contributed by atoms with van der Waals surface area (Å²) in [7, 11) is 0. The lowest BCUT2D eigenvalue weighted by Crippen LogP contribution is -2.31. The zero-order valence-electron chi connectivity index (χ0n) is 13.0. The third-order valence-corrected chi connectivity index (χ3v) is 4.92. The Labute approximate surface area is 135 Å². The Balaban J connectivity index is 1.31. The van der Waals surface area contributed by atoms with Crippen molar-refractivity contribution in [2.45, 2.75) is 24.9 Å². The Morgan fingerprint density at radius 2 is 2.04 bits per heavy atom. The van der Waals surface area contributed by atoms with Crippen LogP contribution in [0.1, 0.15) is 36.2 Å². The van der Waals surface area contributed by atoms with Crippen LogP contribution in [0.3, 0.4) is 0 Å². The van der Waals surface area contributed by atoms with Crippen LogP contribution in [-0.2, 0) is 9.53 Å². The van der Waals surface area contributed by atoms with Crippen LogP contribution in [0.4, 0.5) is 0 Å². The highest BCUT2D eigenvalue weighted by atomic mass is 16.5. The van der Waals surface area contributed by atoms with Crippen LogP contribution in [0.2, 0.25) is 0 Å². The second-order valence-corrected chi connectivity index (χ2v) is 6.46. The molecule has 1 aliphatic carbocycles. The summed E-state index contributed by atoms with van der Waals surface area (Å²) in [5.74, 6) is 1.75. The fourth-order valence-corrected chi connectivity index (χ4v) is 3.52. The lowest BCUT2D eigenvalue weighted by molar-refractivity contribution is -0.122. The predicted molar refractivity (Wildman–Crippen MR) is 85.8 cm³/mol. The van der Waals surface area contributed by atoms with Crippen LogP contribution in [-0.4, -0.2) is 19.1 Å². The first-order valence-corrected chi connectivity index (χ1v) is 8.30. The highest BCUT2D eigenvalue weighted by Gasteiger charge is 2.46. The Morgan fingerprint density at radius 3 is 2.83 bits per heavy atom. The number of benzene rings is 1. The van der Waals surface area contributed by atoms with Crippen LogP contribution < -0.4 is 5.32 Å². The predicted octanol–water partition coefficient (Wildman–Crippen LogP) is 3.28. The first-order chi connectivity index (χ1) is 11.3. The zero-order chi connectivity index (χ0) is 15.6. The molecule has 1 aromatic carbocycles. The number of nitrogens with one attached hydrogen (secondary N) is 1. The van der Waals surface area contributed by atoms with Crippen LogP contribution in [0, 0.1) is 11.8 Å². The van der Waals surface area contributed by atoms with E-state index in [2.05, 4.69) is 17.4 Å². The quantitative estimate of drug-likeness (QED) is 0.922. The molecule has 4 heteroatoms. The number of hydrogen-bond acceptors (Lipinski definition) is 3. The molecule has 1 amide bonds. The molecular weight excluding hydrogens is 290 g/mol. The van der Waals surface area contributed by atoms with Gasteiger partial charge in [-0.1, -0.05) is 30.3 Å². The SMILES string of the molecule is O=C(NC[C@H]1CCO[C@@H]1c1ccccc1)[C@@H]1C[C@H]1c1ccco1. The van der Waals surface area contributed by atoms with Crippen molar-refractivity contribution < 1.29 is 13.9 Å². The molecule has 0 bridgehead atoms. The van der Waals surface area contributed by atoms with Gasteiger partial charge in [0.05, 0.1) is 12.4 Å². The molecule has 2 aromatic rings. The van der Waals surface area contributed by atoms with Gasteiger partial charge in [-0.15, -0.1) is 0 Å². The lowest BCUT2D eigenvalue weighted by Gasteiger charge is -2.19. The largest absolute Gasteiger partial charge is 0.469 e. The Hall–Kier alpha value is -2.07. The minimum absolute atomic E-state index is 0.0682. The van der Waals surface area contributed by atoms with Crippen molar-refractivity contribution in [2.75, 3.05) is 13.2 Å². The standard InChI is InChI=1S/C19H21NO3/c21-19(16-11-15(16)17-7-4-9-22-17)20-12-14-8-10-23-18(14)13-5-2-1-3-6-13/h1-7,9,14-16,18H,8,10-12H2,(H,20,21)/t14-,15-,16-,18-/m1/s1. The third kappa shape index (κ3) is 3.04. The summed E-state index contributed by atoms with van der Waals surface area (Å²) in [4.78, 5) is 12.3. The van der Waals surface area contributed by atoms with Crippen molar-refractivity contribution in [1.29, 1.82) is 0 Å². The number of carbonyl (C=O) groups is 1. The van der Waals surface area contributed by atoms with Crippen LogP contribution >= 0.6 is 0 Å². The number of amides is 1. The number of hydrogen-bond donors (Lipinski definition) is 1. The second kappa shape index (κ2) is 6.20. The molecule has 1 N–H and O–H groups in total. The van der Waals surface area contributed by atoms with Crippen LogP contribution in [0.15, 0.2) is 53.1 Å². The summed E-state index contributed by atoms with van der Waals surface area (Å²) in [6, 6.07) is 14.1. The molecule has 120 valence electrons. The molecule has 4 nitrogen and oxygen atoms in total. The Morgan fingerprint density at radius 1 is 1.17 bits per heavy atom. The molecule has 0 radical (unpaired) electrons. The molecule has 1 saturated carbocycles. The number of rotatable bonds is 5. The number of ether oxygens (including phenoxy) is 1. The van der Waals surface area contributed by atoms with Gasteiger partial charge >= 0.3 is 0 Å². The van der Waals surface area contributed by atoms with Crippen molar-refractivity contribution in [2.24, 2.45) is 11.8 Å². The minimum atomic E-state index is 0.0682. The van der Waals surface area contributed by atoms with Crippen molar-refractivity contribution in [3.8, 4) is 0 Å². The molecule has 2 fully saturated rings. The summed E-state index contributed by atoms with van der Waals surface area (Å²) in [5, 5.41) is 3.12. The zero-order valence-corrected chi connectivity index (χ0v) is 13.0. The maximum absolute atomic E-state index is 12.3. The van der Waals surface area contributed by atoms with Crippen LogP contribution in [0.25, 0.3) is 0 Å². The van der Waals surface area contributed by atoms with Gasteiger partial charge in [0, 0.05) is 30.9 Å². The molecule has 0 spiro atoms. The van der Waals surface area contributed by atoms with Crippen LogP contribution in [0.5, 0.6) is 0 Å². The maximum atomic E-state index is 12.3. The first-order valence-electron chi connectivity index (χ1n) is 8.30. The molecule has 2 aliphatic rings. The molecule has 4 atom stereocenters. The van der Waals surface area contributed by atoms with Gasteiger partial charge in [-0.25, -0.2) is 0 Å². The average molecular weight is 311 g/mol. The lowest BCUT2D eigenvalue weighted by atomic mass is 9.95. The van der Waals surface area contributed by atoms with Gasteiger partial charge in [0.25, 0.3) is 0 Å². The Kier molecular flexibility index (Phi) is 3.92. The first kappa shape index (κ1) is 14.5. The van der Waals surface area contributed by atoms with Gasteiger partial charge < -0.3 is 14.5 Å². The van der Waals surface area contributed by atoms with Crippen molar-refractivity contribution in [3.63, 3.8) is 0 Å². The summed E-state index contributed by atoms with van der Waals surface area (Å²) < 4.78 is 11.3. The van der Waals surface area contributed by atoms with E-state index < -0.39 is 0 Å². The third-order valence-electron chi connectivity index (χ3n) is 4.92. The van der Waals surface area contributed by atoms with Crippen molar-refractivity contribution >= 4 is 5.91 Å². The van der Waals surface area contributed by atoms with Gasteiger partial charge in [0.15, 0.2) is 0 Å². The molecular formula is C19H21NO3. The van der Waals surface area contributed by atoms with E-state index in [1.54, 1.807) is 6.26 Å². The van der Waals surface area contributed by atoms with E-state index in [0.717, 1.165) is 25.2 Å². The monoisotopic (exact) mass is 311 g/mol. The van der Waals surface area contributed by atoms with E-state index >= 15 is 0 Å². The highest BCUT2D eigenvalue weighted by Crippen LogP contribution is 2.47. The second-order valence-electron chi connectivity index (χ2n) is 6.46. The molecule has 1 aliphatic heterocycles. The molecule has 2 heterocycles. The molecule has 0 unspecified atom stereocenters. The average Bonchev–Trinajstić information content (AvgIpc) is 3.01. The highest BCUT2D eigenvalue weighted by molar-refractivity contribution is 5.82. The van der Waals surface area contributed by atoms with Gasteiger partial charge in [0.2, 0.25) is 5.91 Å². The summed E-state index contributed by atoms with van der Waals surface area (Å²) in [5.41, 5.74) is 1.20. The van der Waals surface area contributed by atoms with Gasteiger partial charge in [-0.2, -0.15) is 0 Å². The van der Waals surface area contributed by atoms with E-state index in [1.165, 1.54) is 5.56 Å². The molecule has 23 heavy (non-hydrogen) atoms. The van der Waals surface area contributed by atoms with E-state index in [0.29, 0.717) is 12.5 Å². The van der Waals surface area contributed by atoms with E-state index in [4.69, 9.17) is 9.15 Å². The normalized spacial score (nSPS) is 29.4. The number of furan rings is 1. The smallest absolute Gasteiger partial charge is 0.223 e. The van der Waals surface area contributed by atoms with Gasteiger partial charge in [-0.05, 0) is 30.5 Å². The molecule has 4 rings (SSSR count). The summed E-state index contributed by atoms with van der Waals surface area (Å²) >= 11 is 0. The fourth-order valence-electron chi connectivity index (χ4n) is 3.52. The van der Waals surface area contributed by atoms with Crippen molar-refractivity contribution in [1.82, 2.24) is 5.32 Å². The minimum Gasteiger partial charge on any atom is -0.469 e. The van der Waals surface area contributed by atoms with E-state index in [-0.39, 0.29) is 23.8 Å². The van der Waals surface area contributed by atoms with E-state index in [9.17, 15) is 4.79 Å².